The Morgan fingerprint density at radius 1 is 1.28 bits per heavy atom. The molecular weight excluding hydrogens is 237 g/mol. The maximum atomic E-state index is 12.3. The van der Waals surface area contributed by atoms with Gasteiger partial charge in [-0.2, -0.15) is 0 Å². The Bertz CT molecular complexity index is 578. The number of nitrogens with one attached hydrogen (secondary N) is 1. The van der Waals surface area contributed by atoms with E-state index in [9.17, 15) is 4.79 Å². The van der Waals surface area contributed by atoms with Gasteiger partial charge in [0.15, 0.2) is 0 Å². The number of hydrogen-bond donors (Lipinski definition) is 1. The third-order valence-corrected chi connectivity index (χ3v) is 3.03. The normalized spacial score (nSPS) is 10.2. The van der Waals surface area contributed by atoms with Gasteiger partial charge in [-0.15, -0.1) is 0 Å². The van der Waals surface area contributed by atoms with Gasteiger partial charge in [0.2, 0.25) is 0 Å². The van der Waals surface area contributed by atoms with E-state index in [4.69, 9.17) is 0 Å². The Morgan fingerprint density at radius 3 is 2.44 bits per heavy atom. The summed E-state index contributed by atoms with van der Waals surface area (Å²) in [6.07, 6.45) is 0. The average Bonchev–Trinajstić information content (AvgIpc) is 2.55. The molecule has 0 aliphatic carbocycles. The molecule has 2 rings (SSSR count). The van der Waals surface area contributed by atoms with Gasteiger partial charge in [0.25, 0.3) is 5.56 Å². The van der Waals surface area contributed by atoms with Crippen molar-refractivity contribution in [1.82, 2.24) is 14.7 Å². The molecule has 0 aliphatic heterocycles. The summed E-state index contributed by atoms with van der Waals surface area (Å²) in [4.78, 5) is 12.3. The molecule has 0 amide bonds. The van der Waals surface area contributed by atoms with Crippen molar-refractivity contribution in [1.29, 1.82) is 0 Å². The molecule has 0 aliphatic rings. The number of para-hydroxylation sites is 1. The molecule has 18 heavy (non-hydrogen) atoms. The fraction of sp³-hybridized carbons (Fsp3) is 0.308. The molecule has 0 unspecified atom stereocenters. The fourth-order valence-electron chi connectivity index (χ4n) is 2.00. The Kier molecular flexibility index (Phi) is 5.41. The number of rotatable bonds is 3. The maximum absolute atomic E-state index is 12.3. The van der Waals surface area contributed by atoms with E-state index in [1.54, 1.807) is 4.68 Å². The molecule has 0 saturated carbocycles. The average molecular weight is 255 g/mol. The van der Waals surface area contributed by atoms with E-state index in [1.807, 2.05) is 56.0 Å². The topological polar surface area (TPSA) is 39.0 Å². The zero-order valence-corrected chi connectivity index (χ0v) is 13.4. The second kappa shape index (κ2) is 6.38. The zero-order chi connectivity index (χ0) is 12.4. The van der Waals surface area contributed by atoms with Gasteiger partial charge in [0.1, 0.15) is 0 Å². The van der Waals surface area contributed by atoms with Crippen molar-refractivity contribution in [3.05, 3.63) is 51.9 Å². The first-order chi connectivity index (χ1) is 8.16. The van der Waals surface area contributed by atoms with Crippen molar-refractivity contribution in [3.63, 3.8) is 0 Å². The van der Waals surface area contributed by atoms with E-state index >= 15 is 0 Å². The molecule has 5 heteroatoms. The number of hydrogen-bond acceptors (Lipinski definition) is 2. The van der Waals surface area contributed by atoms with Gasteiger partial charge in [-0.3, -0.25) is 9.48 Å². The van der Waals surface area contributed by atoms with Crippen molar-refractivity contribution in [2.75, 3.05) is 7.05 Å². The van der Waals surface area contributed by atoms with E-state index in [1.165, 1.54) is 0 Å². The quantitative estimate of drug-likeness (QED) is 0.666. The van der Waals surface area contributed by atoms with E-state index in [2.05, 4.69) is 5.32 Å². The summed E-state index contributed by atoms with van der Waals surface area (Å²) in [5.41, 5.74) is 2.75. The van der Waals surface area contributed by atoms with Crippen LogP contribution in [-0.2, 0) is 13.6 Å². The van der Waals surface area contributed by atoms with Crippen LogP contribution in [0.3, 0.4) is 0 Å². The molecular formula is C13H18N3NaO. The van der Waals surface area contributed by atoms with Crippen LogP contribution >= 0.6 is 0 Å². The SMILES string of the molecule is CNCc1c(C)n(C)n(-c2ccccc2)c1=O.[H-].[Na+]. The minimum absolute atomic E-state index is 0. The van der Waals surface area contributed by atoms with E-state index in [0.29, 0.717) is 6.54 Å². The Balaban J connectivity index is 0.00000162. The van der Waals surface area contributed by atoms with Crippen molar-refractivity contribution in [3.8, 4) is 5.69 Å². The Hall–Kier alpha value is -0.810. The van der Waals surface area contributed by atoms with Crippen LogP contribution in [0, 0.1) is 6.92 Å². The Morgan fingerprint density at radius 2 is 1.89 bits per heavy atom. The second-order valence-corrected chi connectivity index (χ2v) is 4.07. The van der Waals surface area contributed by atoms with Crippen LogP contribution in [-0.4, -0.2) is 16.4 Å². The van der Waals surface area contributed by atoms with Crippen LogP contribution in [0.2, 0.25) is 0 Å². The van der Waals surface area contributed by atoms with Gasteiger partial charge in [-0.1, -0.05) is 18.2 Å². The second-order valence-electron chi connectivity index (χ2n) is 4.07. The largest absolute Gasteiger partial charge is 1.00 e. The molecule has 0 spiro atoms. The van der Waals surface area contributed by atoms with Crippen molar-refractivity contribution >= 4 is 0 Å². The van der Waals surface area contributed by atoms with E-state index in [-0.39, 0.29) is 36.5 Å². The molecule has 2 aromatic rings. The number of nitrogens with zero attached hydrogens (tertiary/aromatic N) is 2. The minimum Gasteiger partial charge on any atom is -1.00 e. The summed E-state index contributed by atoms with van der Waals surface area (Å²) < 4.78 is 3.59. The molecule has 1 N–H and O–H groups in total. The molecule has 1 aromatic carbocycles. The van der Waals surface area contributed by atoms with Crippen molar-refractivity contribution in [2.24, 2.45) is 7.05 Å². The predicted octanol–water partition coefficient (Wildman–Crippen LogP) is -1.68. The molecule has 1 heterocycles. The molecule has 0 atom stereocenters. The summed E-state index contributed by atoms with van der Waals surface area (Å²) in [5.74, 6) is 0. The summed E-state index contributed by atoms with van der Waals surface area (Å²) >= 11 is 0. The summed E-state index contributed by atoms with van der Waals surface area (Å²) in [5, 5.41) is 3.03. The molecule has 1 aromatic heterocycles. The first kappa shape index (κ1) is 15.2. The molecule has 4 nitrogen and oxygen atoms in total. The standard InChI is InChI=1S/C13H17N3O.Na.H/c1-10-12(9-14-2)13(17)16(15(10)3)11-7-5-4-6-8-11;;/h4-8,14H,9H2,1-3H3;;/q;+1;-1. The van der Waals surface area contributed by atoms with Gasteiger partial charge in [0.05, 0.1) is 11.3 Å². The van der Waals surface area contributed by atoms with Crippen LogP contribution < -0.4 is 40.4 Å². The van der Waals surface area contributed by atoms with Gasteiger partial charge in [-0.25, -0.2) is 4.68 Å². The first-order valence-corrected chi connectivity index (χ1v) is 5.64. The zero-order valence-electron chi connectivity index (χ0n) is 12.4. The van der Waals surface area contributed by atoms with Crippen LogP contribution in [0.4, 0.5) is 0 Å². The van der Waals surface area contributed by atoms with Crippen LogP contribution in [0.15, 0.2) is 35.1 Å². The minimum atomic E-state index is 0. The monoisotopic (exact) mass is 255 g/mol. The predicted molar refractivity (Wildman–Crippen MR) is 69.6 cm³/mol. The number of benzene rings is 1. The Labute approximate surface area is 130 Å². The van der Waals surface area contributed by atoms with E-state index in [0.717, 1.165) is 16.9 Å². The third-order valence-electron chi connectivity index (χ3n) is 3.03. The smallest absolute Gasteiger partial charge is 1.00 e. The van der Waals surface area contributed by atoms with Gasteiger partial charge >= 0.3 is 29.6 Å². The summed E-state index contributed by atoms with van der Waals surface area (Å²) in [6, 6.07) is 9.68. The van der Waals surface area contributed by atoms with Gasteiger partial charge < -0.3 is 6.74 Å². The van der Waals surface area contributed by atoms with Crippen molar-refractivity contribution < 1.29 is 31.0 Å². The number of aromatic nitrogens is 2. The first-order valence-electron chi connectivity index (χ1n) is 5.64. The van der Waals surface area contributed by atoms with Crippen LogP contribution in [0.1, 0.15) is 12.7 Å². The molecule has 92 valence electrons. The molecule has 0 fully saturated rings. The third kappa shape index (κ3) is 2.62. The summed E-state index contributed by atoms with van der Waals surface area (Å²) in [7, 11) is 3.75. The fourth-order valence-corrected chi connectivity index (χ4v) is 2.00. The van der Waals surface area contributed by atoms with Crippen molar-refractivity contribution in [2.45, 2.75) is 13.5 Å². The summed E-state index contributed by atoms with van der Waals surface area (Å²) in [6.45, 7) is 2.56. The molecule has 0 bridgehead atoms. The van der Waals surface area contributed by atoms with Crippen LogP contribution in [0.25, 0.3) is 5.69 Å². The van der Waals surface area contributed by atoms with Gasteiger partial charge in [0, 0.05) is 19.3 Å². The van der Waals surface area contributed by atoms with Gasteiger partial charge in [-0.05, 0) is 26.1 Å². The maximum Gasteiger partial charge on any atom is 1.00 e. The van der Waals surface area contributed by atoms with Crippen LogP contribution in [0.5, 0.6) is 0 Å². The molecule has 0 saturated heterocycles. The van der Waals surface area contributed by atoms with E-state index < -0.39 is 0 Å². The molecule has 0 radical (unpaired) electrons.